The predicted molar refractivity (Wildman–Crippen MR) is 66.4 cm³/mol. The molecule has 0 saturated carbocycles. The standard InChI is InChI=1S/C11H23NO4S/c1-9(2)11(13,7-16-3)10(6-12)4-5-17(14,15)8-10/h9,13H,4-8,12H2,1-3H3. The lowest BCUT2D eigenvalue weighted by Crippen LogP contribution is -2.59. The van der Waals surface area contributed by atoms with Crippen LogP contribution in [0.3, 0.4) is 0 Å². The second-order valence-electron chi connectivity index (χ2n) is 5.34. The van der Waals surface area contributed by atoms with Crippen molar-refractivity contribution >= 4 is 9.84 Å². The van der Waals surface area contributed by atoms with Crippen LogP contribution in [0.25, 0.3) is 0 Å². The average Bonchev–Trinajstić information content (AvgIpc) is 2.56. The summed E-state index contributed by atoms with van der Waals surface area (Å²) in [5, 5.41) is 10.8. The van der Waals surface area contributed by atoms with E-state index in [4.69, 9.17) is 10.5 Å². The fraction of sp³-hybridized carbons (Fsp3) is 1.00. The Labute approximate surface area is 103 Å². The summed E-state index contributed by atoms with van der Waals surface area (Å²) in [6, 6.07) is 0. The summed E-state index contributed by atoms with van der Waals surface area (Å²) in [5.74, 6) is -0.0587. The van der Waals surface area contributed by atoms with Gasteiger partial charge in [-0.2, -0.15) is 0 Å². The molecule has 2 unspecified atom stereocenters. The first-order valence-corrected chi connectivity index (χ1v) is 7.67. The zero-order valence-electron chi connectivity index (χ0n) is 10.8. The van der Waals surface area contributed by atoms with Crippen LogP contribution in [0.5, 0.6) is 0 Å². The Kier molecular flexibility index (Phi) is 4.24. The SMILES string of the molecule is COCC(O)(C(C)C)C1(CN)CCS(=O)(=O)C1. The second-order valence-corrected chi connectivity index (χ2v) is 7.52. The van der Waals surface area contributed by atoms with Gasteiger partial charge in [-0.05, 0) is 12.3 Å². The molecule has 0 spiro atoms. The zero-order chi connectivity index (χ0) is 13.3. The second kappa shape index (κ2) is 4.84. The normalized spacial score (nSPS) is 31.6. The fourth-order valence-electron chi connectivity index (χ4n) is 2.75. The summed E-state index contributed by atoms with van der Waals surface area (Å²) in [6.07, 6.45) is 0.407. The van der Waals surface area contributed by atoms with Gasteiger partial charge in [-0.15, -0.1) is 0 Å². The van der Waals surface area contributed by atoms with E-state index in [1.807, 2.05) is 13.8 Å². The maximum Gasteiger partial charge on any atom is 0.151 e. The van der Waals surface area contributed by atoms with Crippen molar-refractivity contribution < 1.29 is 18.3 Å². The van der Waals surface area contributed by atoms with Crippen LogP contribution in [0.4, 0.5) is 0 Å². The van der Waals surface area contributed by atoms with Gasteiger partial charge in [0.2, 0.25) is 0 Å². The van der Waals surface area contributed by atoms with E-state index in [0.717, 1.165) is 0 Å². The molecule has 17 heavy (non-hydrogen) atoms. The summed E-state index contributed by atoms with van der Waals surface area (Å²) in [5.41, 5.74) is 3.79. The van der Waals surface area contributed by atoms with Crippen molar-refractivity contribution in [2.24, 2.45) is 17.1 Å². The minimum Gasteiger partial charge on any atom is -0.387 e. The highest BCUT2D eigenvalue weighted by Crippen LogP contribution is 2.45. The van der Waals surface area contributed by atoms with Crippen LogP contribution in [-0.2, 0) is 14.6 Å². The lowest BCUT2D eigenvalue weighted by Gasteiger charge is -2.46. The van der Waals surface area contributed by atoms with Gasteiger partial charge in [-0.25, -0.2) is 8.42 Å². The Morgan fingerprint density at radius 3 is 2.41 bits per heavy atom. The Hall–Kier alpha value is -0.170. The van der Waals surface area contributed by atoms with E-state index in [1.54, 1.807) is 0 Å². The molecule has 1 rings (SSSR count). The molecule has 5 nitrogen and oxygen atoms in total. The quantitative estimate of drug-likeness (QED) is 0.717. The Morgan fingerprint density at radius 2 is 2.12 bits per heavy atom. The molecule has 0 radical (unpaired) electrons. The van der Waals surface area contributed by atoms with Crippen molar-refractivity contribution in [3.63, 3.8) is 0 Å². The molecule has 102 valence electrons. The molecule has 1 heterocycles. The van der Waals surface area contributed by atoms with Crippen molar-refractivity contribution in [3.05, 3.63) is 0 Å². The van der Waals surface area contributed by atoms with Crippen LogP contribution in [0.2, 0.25) is 0 Å². The van der Waals surface area contributed by atoms with Crippen molar-refractivity contribution in [2.75, 3.05) is 31.8 Å². The van der Waals surface area contributed by atoms with Gasteiger partial charge in [0.05, 0.1) is 23.7 Å². The fourth-order valence-corrected chi connectivity index (χ4v) is 4.95. The zero-order valence-corrected chi connectivity index (χ0v) is 11.6. The first kappa shape index (κ1) is 14.9. The number of ether oxygens (including phenoxy) is 1. The van der Waals surface area contributed by atoms with E-state index in [0.29, 0.717) is 6.42 Å². The third kappa shape index (κ3) is 2.50. The van der Waals surface area contributed by atoms with E-state index in [2.05, 4.69) is 0 Å². The summed E-state index contributed by atoms with van der Waals surface area (Å²) < 4.78 is 28.4. The lowest BCUT2D eigenvalue weighted by atomic mass is 9.66. The smallest absolute Gasteiger partial charge is 0.151 e. The van der Waals surface area contributed by atoms with Crippen LogP contribution in [0, 0.1) is 11.3 Å². The van der Waals surface area contributed by atoms with Gasteiger partial charge in [0, 0.05) is 19.1 Å². The van der Waals surface area contributed by atoms with Crippen molar-refractivity contribution in [1.82, 2.24) is 0 Å². The number of sulfone groups is 1. The Balaban J connectivity index is 3.15. The van der Waals surface area contributed by atoms with Crippen LogP contribution in [-0.4, -0.2) is 50.9 Å². The third-order valence-corrected chi connectivity index (χ3v) is 5.83. The molecule has 1 saturated heterocycles. The third-order valence-electron chi connectivity index (χ3n) is 4.02. The Morgan fingerprint density at radius 1 is 1.53 bits per heavy atom. The highest BCUT2D eigenvalue weighted by Gasteiger charge is 2.56. The molecule has 6 heteroatoms. The monoisotopic (exact) mass is 265 g/mol. The van der Waals surface area contributed by atoms with E-state index in [1.165, 1.54) is 7.11 Å². The number of rotatable bonds is 5. The molecular weight excluding hydrogens is 242 g/mol. The largest absolute Gasteiger partial charge is 0.387 e. The summed E-state index contributed by atoms with van der Waals surface area (Å²) in [4.78, 5) is 0. The molecule has 0 aromatic rings. The first-order valence-electron chi connectivity index (χ1n) is 5.85. The topological polar surface area (TPSA) is 89.6 Å². The molecule has 1 fully saturated rings. The number of aliphatic hydroxyl groups is 1. The van der Waals surface area contributed by atoms with Crippen LogP contribution < -0.4 is 5.73 Å². The van der Waals surface area contributed by atoms with Gasteiger partial charge in [-0.3, -0.25) is 0 Å². The molecule has 3 N–H and O–H groups in total. The van der Waals surface area contributed by atoms with Crippen LogP contribution in [0.1, 0.15) is 20.3 Å². The number of hydrogen-bond acceptors (Lipinski definition) is 5. The Bertz CT molecular complexity index is 368. The molecule has 0 amide bonds. The van der Waals surface area contributed by atoms with Gasteiger partial charge in [0.15, 0.2) is 9.84 Å². The molecule has 0 aliphatic carbocycles. The molecule has 0 aromatic carbocycles. The molecule has 0 bridgehead atoms. The van der Waals surface area contributed by atoms with Gasteiger partial charge in [-0.1, -0.05) is 13.8 Å². The molecule has 2 atom stereocenters. The van der Waals surface area contributed by atoms with E-state index >= 15 is 0 Å². The maximum absolute atomic E-state index is 11.7. The van der Waals surface area contributed by atoms with Crippen molar-refractivity contribution in [3.8, 4) is 0 Å². The number of methoxy groups -OCH3 is 1. The molecule has 0 aromatic heterocycles. The van der Waals surface area contributed by atoms with Crippen LogP contribution >= 0.6 is 0 Å². The highest BCUT2D eigenvalue weighted by molar-refractivity contribution is 7.91. The summed E-state index contributed by atoms with van der Waals surface area (Å²) in [7, 11) is -1.60. The molecule has 1 aliphatic rings. The van der Waals surface area contributed by atoms with E-state index in [9.17, 15) is 13.5 Å². The molecular formula is C11H23NO4S. The van der Waals surface area contributed by atoms with Gasteiger partial charge < -0.3 is 15.6 Å². The lowest BCUT2D eigenvalue weighted by molar-refractivity contribution is -0.141. The summed E-state index contributed by atoms with van der Waals surface area (Å²) in [6.45, 7) is 3.99. The van der Waals surface area contributed by atoms with Crippen molar-refractivity contribution in [1.29, 1.82) is 0 Å². The maximum atomic E-state index is 11.7. The molecule has 1 aliphatic heterocycles. The highest BCUT2D eigenvalue weighted by atomic mass is 32.2. The summed E-state index contributed by atoms with van der Waals surface area (Å²) >= 11 is 0. The van der Waals surface area contributed by atoms with Crippen LogP contribution in [0.15, 0.2) is 0 Å². The van der Waals surface area contributed by atoms with Gasteiger partial charge in [0.25, 0.3) is 0 Å². The number of nitrogens with two attached hydrogens (primary N) is 1. The van der Waals surface area contributed by atoms with Gasteiger partial charge in [0.1, 0.15) is 0 Å². The van der Waals surface area contributed by atoms with Gasteiger partial charge >= 0.3 is 0 Å². The minimum absolute atomic E-state index is 0.0471. The van der Waals surface area contributed by atoms with Crippen molar-refractivity contribution in [2.45, 2.75) is 25.9 Å². The number of hydrogen-bond donors (Lipinski definition) is 2. The van der Waals surface area contributed by atoms with E-state index < -0.39 is 20.9 Å². The predicted octanol–water partition coefficient (Wildman–Crippen LogP) is -0.216. The first-order chi connectivity index (χ1) is 7.73. The van der Waals surface area contributed by atoms with E-state index in [-0.39, 0.29) is 30.6 Å². The average molecular weight is 265 g/mol. The minimum atomic E-state index is -3.10.